The molecule has 24 nitrogen and oxygen atoms in total. The quantitative estimate of drug-likeness (QED) is 0.0465. The Balaban J connectivity index is 1.62. The molecular formula is C56H105N3O21P-. The van der Waals surface area contributed by atoms with E-state index in [1.165, 1.54) is 12.2 Å². The summed E-state index contributed by atoms with van der Waals surface area (Å²) in [7, 11) is -3.07. The summed E-state index contributed by atoms with van der Waals surface area (Å²) in [5.74, 6) is -0.999. The molecule has 0 fully saturated rings. The minimum Gasteiger partial charge on any atom is -0.756 e. The van der Waals surface area contributed by atoms with Gasteiger partial charge in [0.1, 0.15) is 0 Å². The lowest BCUT2D eigenvalue weighted by atomic mass is 10.2. The second kappa shape index (κ2) is 60.5. The predicted molar refractivity (Wildman–Crippen MR) is 301 cm³/mol. The number of rotatable bonds is 67. The first kappa shape index (κ1) is 76.4. The van der Waals surface area contributed by atoms with Gasteiger partial charge in [0, 0.05) is 217 Å². The van der Waals surface area contributed by atoms with E-state index in [0.29, 0.717) is 204 Å². The van der Waals surface area contributed by atoms with Gasteiger partial charge < -0.3 is 86.2 Å². The number of phosphoric acid groups is 1. The van der Waals surface area contributed by atoms with Crippen molar-refractivity contribution in [3.8, 4) is 0 Å². The molecule has 0 saturated carbocycles. The summed E-state index contributed by atoms with van der Waals surface area (Å²) in [6, 6.07) is 0. The van der Waals surface area contributed by atoms with E-state index in [-0.39, 0.29) is 43.2 Å². The van der Waals surface area contributed by atoms with Crippen molar-refractivity contribution in [3.05, 3.63) is 12.2 Å². The highest BCUT2D eigenvalue weighted by atomic mass is 31.2. The van der Waals surface area contributed by atoms with Crippen molar-refractivity contribution < 1.29 is 99.3 Å². The van der Waals surface area contributed by atoms with Crippen LogP contribution >= 0.6 is 7.82 Å². The molecule has 0 bridgehead atoms. The maximum Gasteiger partial charge on any atom is 0.267 e. The van der Waals surface area contributed by atoms with Crippen molar-refractivity contribution in [3.63, 3.8) is 0 Å². The molecular weight excluding hydrogens is 1080 g/mol. The van der Waals surface area contributed by atoms with Crippen LogP contribution in [0.1, 0.15) is 122 Å². The Morgan fingerprint density at radius 3 is 0.963 bits per heavy atom. The van der Waals surface area contributed by atoms with E-state index in [0.717, 1.165) is 108 Å². The predicted octanol–water partition coefficient (Wildman–Crippen LogP) is 4.90. The van der Waals surface area contributed by atoms with Gasteiger partial charge in [-0.2, -0.15) is 0 Å². The van der Waals surface area contributed by atoms with E-state index in [1.807, 2.05) is 0 Å². The third-order valence-corrected chi connectivity index (χ3v) is 12.5. The van der Waals surface area contributed by atoms with Gasteiger partial charge in [-0.15, -0.1) is 0 Å². The number of carbonyl (C=O) groups excluding carboxylic acids is 4. The SMILES string of the molecule is COP(=O)([O-])OCCCCCCNC(=O)CCCOCCCOCCCOCCCOCCCOCCCOCCCOCCCOCCCOCCCOCCCOCCCOCCCOCCNC(=O)CCN1C(=O)C=CC1=O. The number of imide groups is 1. The van der Waals surface area contributed by atoms with Crippen LogP contribution in [0.15, 0.2) is 12.2 Å². The zero-order valence-electron chi connectivity index (χ0n) is 49.3. The number of nitrogens with one attached hydrogen (secondary N) is 2. The molecule has 2 N–H and O–H groups in total. The van der Waals surface area contributed by atoms with Crippen LogP contribution in [0.5, 0.6) is 0 Å². The zero-order chi connectivity index (χ0) is 58.5. The number of carbonyl (C=O) groups is 4. The second-order valence-corrected chi connectivity index (χ2v) is 20.3. The molecule has 0 aromatic carbocycles. The van der Waals surface area contributed by atoms with Gasteiger partial charge in [0.2, 0.25) is 11.8 Å². The molecule has 1 unspecified atom stereocenters. The van der Waals surface area contributed by atoms with E-state index in [4.69, 9.17) is 61.6 Å². The highest BCUT2D eigenvalue weighted by Crippen LogP contribution is 2.36. The Labute approximate surface area is 484 Å². The van der Waals surface area contributed by atoms with Crippen molar-refractivity contribution in [1.82, 2.24) is 15.5 Å². The molecule has 0 aliphatic carbocycles. The molecule has 1 atom stereocenters. The third kappa shape index (κ3) is 56.3. The van der Waals surface area contributed by atoms with Crippen LogP contribution in [0.2, 0.25) is 0 Å². The van der Waals surface area contributed by atoms with Crippen molar-refractivity contribution in [2.45, 2.75) is 122 Å². The summed E-state index contributed by atoms with van der Waals surface area (Å²) < 4.78 is 93.4. The topological polar surface area (TPSA) is 274 Å². The first-order chi connectivity index (χ1) is 39.7. The Bertz CT molecular complexity index is 1510. The smallest absolute Gasteiger partial charge is 0.267 e. The third-order valence-electron chi connectivity index (χ3n) is 11.5. The number of unbranched alkanes of at least 4 members (excludes halogenated alkanes) is 3. The summed E-state index contributed by atoms with van der Waals surface area (Å²) in [6.45, 7) is 17.8. The number of hydrogen-bond acceptors (Lipinski definition) is 21. The van der Waals surface area contributed by atoms with E-state index >= 15 is 0 Å². The number of ether oxygens (including phenoxy) is 13. The van der Waals surface area contributed by atoms with E-state index < -0.39 is 7.82 Å². The molecule has 1 heterocycles. The molecule has 476 valence electrons. The molecule has 4 amide bonds. The fourth-order valence-corrected chi connectivity index (χ4v) is 7.62. The van der Waals surface area contributed by atoms with Gasteiger partial charge in [0.25, 0.3) is 19.6 Å². The highest BCUT2D eigenvalue weighted by molar-refractivity contribution is 7.45. The molecule has 0 saturated heterocycles. The lowest BCUT2D eigenvalue weighted by molar-refractivity contribution is -0.223. The van der Waals surface area contributed by atoms with Gasteiger partial charge in [-0.25, -0.2) is 0 Å². The molecule has 81 heavy (non-hydrogen) atoms. The van der Waals surface area contributed by atoms with Crippen molar-refractivity contribution in [1.29, 1.82) is 0 Å². The monoisotopic (exact) mass is 1190 g/mol. The van der Waals surface area contributed by atoms with Crippen LogP contribution in [0, 0.1) is 0 Å². The van der Waals surface area contributed by atoms with Gasteiger partial charge in [0.05, 0.1) is 13.2 Å². The van der Waals surface area contributed by atoms with Crippen LogP contribution < -0.4 is 15.5 Å². The van der Waals surface area contributed by atoms with Gasteiger partial charge in [-0.1, -0.05) is 12.8 Å². The number of hydrogen-bond donors (Lipinski definition) is 2. The summed E-state index contributed by atoms with van der Waals surface area (Å²) >= 11 is 0. The second-order valence-electron chi connectivity index (χ2n) is 18.8. The molecule has 0 radical (unpaired) electrons. The molecule has 1 aliphatic rings. The maximum atomic E-state index is 11.9. The first-order valence-corrected chi connectivity index (χ1v) is 31.3. The van der Waals surface area contributed by atoms with Gasteiger partial charge in [-0.3, -0.25) is 28.6 Å². The van der Waals surface area contributed by atoms with Crippen molar-refractivity contribution in [2.75, 3.05) is 205 Å². The van der Waals surface area contributed by atoms with Crippen LogP contribution in [0.3, 0.4) is 0 Å². The van der Waals surface area contributed by atoms with Crippen LogP contribution in [0.25, 0.3) is 0 Å². The average molecular weight is 1190 g/mol. The molecule has 0 spiro atoms. The zero-order valence-corrected chi connectivity index (χ0v) is 50.2. The largest absolute Gasteiger partial charge is 0.756 e. The fraction of sp³-hybridized carbons (Fsp3) is 0.893. The normalized spacial score (nSPS) is 13.2. The summed E-state index contributed by atoms with van der Waals surface area (Å²) in [5, 5.41) is 5.61. The maximum absolute atomic E-state index is 11.9. The van der Waals surface area contributed by atoms with Crippen LogP contribution in [0.4, 0.5) is 0 Å². The highest BCUT2D eigenvalue weighted by Gasteiger charge is 2.23. The summed E-state index contributed by atoms with van der Waals surface area (Å²) in [5.41, 5.74) is 0. The number of amides is 4. The molecule has 0 aromatic heterocycles. The molecule has 25 heteroatoms. The van der Waals surface area contributed by atoms with E-state index in [2.05, 4.69) is 19.7 Å². The van der Waals surface area contributed by atoms with Gasteiger partial charge >= 0.3 is 0 Å². The molecule has 0 aromatic rings. The lowest BCUT2D eigenvalue weighted by Gasteiger charge is -2.19. The van der Waals surface area contributed by atoms with Gasteiger partial charge in [-0.05, 0) is 96.3 Å². The Morgan fingerprint density at radius 2 is 0.642 bits per heavy atom. The molecule has 1 aliphatic heterocycles. The van der Waals surface area contributed by atoms with Crippen molar-refractivity contribution >= 4 is 31.5 Å². The fourth-order valence-electron chi connectivity index (χ4n) is 7.16. The minimum absolute atomic E-state index is 0.0107. The van der Waals surface area contributed by atoms with Crippen molar-refractivity contribution in [2.24, 2.45) is 0 Å². The Kier molecular flexibility index (Phi) is 57.1. The van der Waals surface area contributed by atoms with Crippen LogP contribution in [-0.2, 0) is 94.4 Å². The Hall–Kier alpha value is -2.59. The van der Waals surface area contributed by atoms with E-state index in [1.54, 1.807) is 0 Å². The number of nitrogens with zero attached hydrogens (tertiary/aromatic N) is 1. The van der Waals surface area contributed by atoms with Gasteiger partial charge in [0.15, 0.2) is 0 Å². The van der Waals surface area contributed by atoms with E-state index in [9.17, 15) is 28.6 Å². The first-order valence-electron chi connectivity index (χ1n) is 29.8. The van der Waals surface area contributed by atoms with Crippen LogP contribution in [-0.4, -0.2) is 234 Å². The summed E-state index contributed by atoms with van der Waals surface area (Å²) in [4.78, 5) is 58.9. The molecule has 1 rings (SSSR count). The average Bonchev–Trinajstić information content (AvgIpc) is 3.79. The lowest BCUT2D eigenvalue weighted by Crippen LogP contribution is -2.35. The minimum atomic E-state index is -4.14. The number of phosphoric ester groups is 1. The summed E-state index contributed by atoms with van der Waals surface area (Å²) in [6.07, 6.45) is 16.8. The standard InChI is InChI=1S/C56H106N3O21P/c1-66-81(64,65)80-51-5-3-2-4-23-57-53(60)19-6-26-67-27-7-28-68-29-8-30-69-31-9-32-70-33-10-34-71-35-11-36-72-37-12-38-73-39-13-40-74-41-14-42-75-43-15-44-76-45-16-46-77-47-17-48-78-49-18-50-79-52-24-58-54(61)22-25-59-55(62)20-21-56(59)63/h20-21H,2-19,22-52H2,1H3,(H,57,60)(H,58,61)(H,64,65)/p-1. The Morgan fingerprint density at radius 1 is 0.370 bits per heavy atom.